The van der Waals surface area contributed by atoms with Crippen molar-refractivity contribution in [1.82, 2.24) is 0 Å². The lowest BCUT2D eigenvalue weighted by Crippen LogP contribution is -2.28. The van der Waals surface area contributed by atoms with Gasteiger partial charge in [0, 0.05) is 12.8 Å². The molecule has 0 bridgehead atoms. The van der Waals surface area contributed by atoms with Gasteiger partial charge in [-0.2, -0.15) is 0 Å². The third kappa shape index (κ3) is 29.7. The van der Waals surface area contributed by atoms with Crippen molar-refractivity contribution in [3.63, 3.8) is 0 Å². The summed E-state index contributed by atoms with van der Waals surface area (Å²) in [5, 5.41) is 9.49. The van der Waals surface area contributed by atoms with E-state index in [0.29, 0.717) is 12.8 Å². The first-order valence-corrected chi connectivity index (χ1v) is 17.0. The molecule has 39 heavy (non-hydrogen) atoms. The van der Waals surface area contributed by atoms with E-state index >= 15 is 0 Å². The molecule has 0 radical (unpaired) electrons. The highest BCUT2D eigenvalue weighted by Gasteiger charge is 2.16. The van der Waals surface area contributed by atoms with Crippen LogP contribution in [0.15, 0.2) is 0 Å². The van der Waals surface area contributed by atoms with Gasteiger partial charge < -0.3 is 14.6 Å². The molecule has 5 nitrogen and oxygen atoms in total. The van der Waals surface area contributed by atoms with E-state index in [0.717, 1.165) is 44.4 Å². The first kappa shape index (κ1) is 37.9. The second-order valence-electron chi connectivity index (χ2n) is 12.1. The summed E-state index contributed by atoms with van der Waals surface area (Å²) in [5.41, 5.74) is 0. The predicted molar refractivity (Wildman–Crippen MR) is 164 cm³/mol. The number of hydrogen-bond acceptors (Lipinski definition) is 5. The summed E-state index contributed by atoms with van der Waals surface area (Å²) in [6.45, 7) is 6.43. The molecule has 0 unspecified atom stereocenters. The molecule has 1 atom stereocenters. The van der Waals surface area contributed by atoms with Crippen LogP contribution >= 0.6 is 0 Å². The van der Waals surface area contributed by atoms with Gasteiger partial charge in [-0.05, 0) is 18.8 Å². The molecule has 0 aliphatic heterocycles. The number of rotatable bonds is 30. The minimum atomic E-state index is -0.761. The average molecular weight is 555 g/mol. The summed E-state index contributed by atoms with van der Waals surface area (Å²) in [7, 11) is 0. The number of carbonyl (C=O) groups is 2. The number of aliphatic hydroxyl groups is 1. The minimum Gasteiger partial charge on any atom is -0.462 e. The highest BCUT2D eigenvalue weighted by atomic mass is 16.6. The first-order valence-electron chi connectivity index (χ1n) is 17.0. The molecule has 1 N–H and O–H groups in total. The molecule has 0 aliphatic rings. The molecule has 0 heterocycles. The molecule has 5 heteroatoms. The summed E-state index contributed by atoms with van der Waals surface area (Å²) in [4.78, 5) is 24.1. The predicted octanol–water partition coefficient (Wildman–Crippen LogP) is 9.86. The Bertz CT molecular complexity index is 534. The molecule has 0 aromatic heterocycles. The van der Waals surface area contributed by atoms with Crippen LogP contribution in [0.2, 0.25) is 0 Å². The Kier molecular flexibility index (Phi) is 29.0. The normalized spacial score (nSPS) is 12.1. The zero-order valence-corrected chi connectivity index (χ0v) is 26.3. The van der Waals surface area contributed by atoms with Crippen molar-refractivity contribution in [3.8, 4) is 0 Å². The lowest BCUT2D eigenvalue weighted by Gasteiger charge is -2.15. The fourth-order valence-corrected chi connectivity index (χ4v) is 4.97. The van der Waals surface area contributed by atoms with Gasteiger partial charge in [-0.25, -0.2) is 0 Å². The van der Waals surface area contributed by atoms with Crippen molar-refractivity contribution in [2.24, 2.45) is 5.92 Å². The first-order chi connectivity index (χ1) is 19.0. The standard InChI is InChI=1S/C34H66O5/c1-4-5-6-7-8-9-10-11-12-13-14-15-18-22-25-28-34(37)39-32(29-35)30-38-33(36)27-24-21-19-16-17-20-23-26-31(2)3/h31-32,35H,4-30H2,1-3H3/t32-/m0/s1. The van der Waals surface area contributed by atoms with Crippen LogP contribution in [0.5, 0.6) is 0 Å². The molecule has 0 aromatic rings. The van der Waals surface area contributed by atoms with Crippen LogP contribution in [0, 0.1) is 5.92 Å². The second kappa shape index (κ2) is 29.9. The van der Waals surface area contributed by atoms with Crippen LogP contribution in [0.25, 0.3) is 0 Å². The fourth-order valence-electron chi connectivity index (χ4n) is 4.97. The number of aliphatic hydroxyl groups excluding tert-OH is 1. The van der Waals surface area contributed by atoms with Crippen LogP contribution in [-0.2, 0) is 19.1 Å². The topological polar surface area (TPSA) is 72.8 Å². The summed E-state index contributed by atoms with van der Waals surface area (Å²) in [6, 6.07) is 0. The molecule has 0 spiro atoms. The minimum absolute atomic E-state index is 0.0597. The van der Waals surface area contributed by atoms with Crippen molar-refractivity contribution in [3.05, 3.63) is 0 Å². The van der Waals surface area contributed by atoms with Gasteiger partial charge in [-0.15, -0.1) is 0 Å². The summed E-state index contributed by atoms with van der Waals surface area (Å²) < 4.78 is 10.5. The van der Waals surface area contributed by atoms with E-state index in [1.165, 1.54) is 109 Å². The number of hydrogen-bond donors (Lipinski definition) is 1. The van der Waals surface area contributed by atoms with Crippen molar-refractivity contribution >= 4 is 11.9 Å². The van der Waals surface area contributed by atoms with Crippen molar-refractivity contribution < 1.29 is 24.2 Å². The van der Waals surface area contributed by atoms with Crippen molar-refractivity contribution in [2.45, 2.75) is 187 Å². The Hall–Kier alpha value is -1.10. The van der Waals surface area contributed by atoms with Gasteiger partial charge in [-0.3, -0.25) is 9.59 Å². The van der Waals surface area contributed by atoms with Crippen LogP contribution < -0.4 is 0 Å². The van der Waals surface area contributed by atoms with E-state index in [4.69, 9.17) is 9.47 Å². The number of ether oxygens (including phenoxy) is 2. The summed E-state index contributed by atoms with van der Waals surface area (Å²) in [5.74, 6) is 0.209. The largest absolute Gasteiger partial charge is 0.462 e. The third-order valence-corrected chi connectivity index (χ3v) is 7.58. The molecule has 0 amide bonds. The Balaban J connectivity index is 3.54. The smallest absolute Gasteiger partial charge is 0.306 e. The summed E-state index contributed by atoms with van der Waals surface area (Å²) in [6.07, 6.45) is 28.8. The van der Waals surface area contributed by atoms with E-state index in [1.54, 1.807) is 0 Å². The van der Waals surface area contributed by atoms with Crippen LogP contribution in [0.1, 0.15) is 181 Å². The highest BCUT2D eigenvalue weighted by Crippen LogP contribution is 2.15. The monoisotopic (exact) mass is 554 g/mol. The Morgan fingerprint density at radius 2 is 0.949 bits per heavy atom. The molecular formula is C34H66O5. The highest BCUT2D eigenvalue weighted by molar-refractivity contribution is 5.70. The van der Waals surface area contributed by atoms with Gasteiger partial charge >= 0.3 is 11.9 Å². The number of carbonyl (C=O) groups excluding carboxylic acids is 2. The van der Waals surface area contributed by atoms with Crippen LogP contribution in [0.4, 0.5) is 0 Å². The lowest BCUT2D eigenvalue weighted by molar-refractivity contribution is -0.161. The molecular weight excluding hydrogens is 488 g/mol. The Labute approximate surface area is 242 Å². The Morgan fingerprint density at radius 1 is 0.564 bits per heavy atom. The zero-order valence-electron chi connectivity index (χ0n) is 26.3. The van der Waals surface area contributed by atoms with Crippen molar-refractivity contribution in [2.75, 3.05) is 13.2 Å². The third-order valence-electron chi connectivity index (χ3n) is 7.58. The molecule has 232 valence electrons. The maximum absolute atomic E-state index is 12.1. The van der Waals surface area contributed by atoms with E-state index < -0.39 is 6.10 Å². The van der Waals surface area contributed by atoms with Gasteiger partial charge in [-0.1, -0.05) is 156 Å². The van der Waals surface area contributed by atoms with Gasteiger partial charge in [0.25, 0.3) is 0 Å². The quantitative estimate of drug-likeness (QED) is 0.0706. The molecule has 0 rings (SSSR count). The maximum Gasteiger partial charge on any atom is 0.306 e. The SMILES string of the molecule is CCCCCCCCCCCCCCCCCC(=O)O[C@@H](CO)COC(=O)CCCCCCCCCC(C)C. The molecule has 0 saturated heterocycles. The van der Waals surface area contributed by atoms with Crippen molar-refractivity contribution in [1.29, 1.82) is 0 Å². The van der Waals surface area contributed by atoms with Crippen LogP contribution in [-0.4, -0.2) is 36.4 Å². The fraction of sp³-hybridized carbons (Fsp3) is 0.941. The number of esters is 2. The van der Waals surface area contributed by atoms with E-state index in [2.05, 4.69) is 20.8 Å². The second-order valence-corrected chi connectivity index (χ2v) is 12.1. The summed E-state index contributed by atoms with van der Waals surface area (Å²) >= 11 is 0. The molecule has 0 aromatic carbocycles. The van der Waals surface area contributed by atoms with Gasteiger partial charge in [0.2, 0.25) is 0 Å². The van der Waals surface area contributed by atoms with E-state index in [1.807, 2.05) is 0 Å². The lowest BCUT2D eigenvalue weighted by atomic mass is 10.0. The van der Waals surface area contributed by atoms with Gasteiger partial charge in [0.05, 0.1) is 6.61 Å². The van der Waals surface area contributed by atoms with Gasteiger partial charge in [0.15, 0.2) is 6.10 Å². The van der Waals surface area contributed by atoms with E-state index in [9.17, 15) is 14.7 Å². The molecule has 0 saturated carbocycles. The van der Waals surface area contributed by atoms with Gasteiger partial charge in [0.1, 0.15) is 6.61 Å². The molecule has 0 aliphatic carbocycles. The van der Waals surface area contributed by atoms with Crippen LogP contribution in [0.3, 0.4) is 0 Å². The zero-order chi connectivity index (χ0) is 28.8. The average Bonchev–Trinajstić information content (AvgIpc) is 2.92. The maximum atomic E-state index is 12.1. The Morgan fingerprint density at radius 3 is 1.36 bits per heavy atom. The van der Waals surface area contributed by atoms with E-state index in [-0.39, 0.29) is 25.2 Å². The number of unbranched alkanes of at least 4 members (excludes halogenated alkanes) is 20. The molecule has 0 fully saturated rings.